The molecule has 0 saturated carbocycles. The van der Waals surface area contributed by atoms with E-state index in [0.717, 1.165) is 67.0 Å². The largest absolute Gasteiger partial charge is 0.278 e. The molecule has 0 fully saturated rings. The molecular weight excluding hydrogens is 897 g/mol. The number of para-hydroxylation sites is 1. The zero-order valence-corrected chi connectivity index (χ0v) is 42.9. The van der Waals surface area contributed by atoms with Crippen LogP contribution in [-0.2, 0) is 0 Å². The first-order valence-corrected chi connectivity index (χ1v) is 25.5. The molecule has 0 unspecified atom stereocenters. The van der Waals surface area contributed by atoms with Crippen LogP contribution in [0.5, 0.6) is 0 Å². The molecule has 0 atom stereocenters. The van der Waals surface area contributed by atoms with Gasteiger partial charge in [0.2, 0.25) is 5.95 Å². The van der Waals surface area contributed by atoms with Crippen molar-refractivity contribution in [2.45, 2.75) is 47.5 Å². The summed E-state index contributed by atoms with van der Waals surface area (Å²) in [5.74, 6) is 1.65. The molecule has 10 aromatic carbocycles. The molecule has 1 heterocycles. The first-order chi connectivity index (χ1) is 36.2. The van der Waals surface area contributed by atoms with Crippen LogP contribution in [0.4, 0.5) is 17.3 Å². The number of aryl methyl sites for hydroxylation is 6. The van der Waals surface area contributed by atoms with E-state index in [1.54, 1.807) is 0 Å². The lowest BCUT2D eigenvalue weighted by Gasteiger charge is -2.29. The molecule has 0 N–H and O–H groups in total. The van der Waals surface area contributed by atoms with Gasteiger partial charge in [0.05, 0.1) is 5.69 Å². The average Bonchev–Trinajstić information content (AvgIpc) is 3.43. The number of rotatable bonds is 12. The van der Waals surface area contributed by atoms with Crippen molar-refractivity contribution in [3.05, 3.63) is 287 Å². The molecule has 0 amide bonds. The number of benzene rings is 10. The fourth-order valence-corrected chi connectivity index (χ4v) is 11.1. The summed E-state index contributed by atoms with van der Waals surface area (Å²) in [5.41, 5.74) is 23.9. The van der Waals surface area contributed by atoms with Crippen molar-refractivity contribution in [2.75, 3.05) is 4.90 Å². The highest BCUT2D eigenvalue weighted by atomic mass is 15.3. The molecule has 0 bridgehead atoms. The highest BCUT2D eigenvalue weighted by Gasteiger charge is 2.27. The predicted molar refractivity (Wildman–Crippen MR) is 309 cm³/mol. The maximum Gasteiger partial charge on any atom is 0.238 e. The molecule has 11 rings (SSSR count). The van der Waals surface area contributed by atoms with E-state index in [-0.39, 0.29) is 5.92 Å². The lowest BCUT2D eigenvalue weighted by atomic mass is 9.77. The Hall–Kier alpha value is -8.99. The number of anilines is 3. The minimum Gasteiger partial charge on any atom is -0.278 e. The minimum absolute atomic E-state index is 0.0101. The van der Waals surface area contributed by atoms with Crippen LogP contribution < -0.4 is 4.90 Å². The zero-order chi connectivity index (χ0) is 50.7. The first-order valence-electron chi connectivity index (χ1n) is 25.5. The summed E-state index contributed by atoms with van der Waals surface area (Å²) < 4.78 is 0. The maximum absolute atomic E-state index is 5.61. The smallest absolute Gasteiger partial charge is 0.238 e. The molecule has 0 saturated heterocycles. The van der Waals surface area contributed by atoms with Crippen molar-refractivity contribution in [3.63, 3.8) is 0 Å². The molecule has 0 spiro atoms. The van der Waals surface area contributed by atoms with E-state index in [1.807, 2.05) is 0 Å². The van der Waals surface area contributed by atoms with E-state index in [1.165, 1.54) is 50.1 Å². The Morgan fingerprint density at radius 3 is 1.20 bits per heavy atom. The standard InChI is InChI=1S/C70H58N4/c1-46-39-48(3)65(49(4)40-46)67(66-50(5)41-47(2)42-51(66)6)56-35-37-60(38-36-56)74(64-34-22-21-32-62(64)55-29-17-10-18-30-55)70-72-68(71-69(73-70)63-33-20-19-31-61(63)54-27-15-9-16-28-54)59-44-57(52-23-11-7-12-24-52)43-58(45-59)53-25-13-8-14-26-53/h7-45,67H,1-6H3. The molecular formula is C70H58N4. The van der Waals surface area contributed by atoms with Gasteiger partial charge in [0, 0.05) is 28.3 Å². The van der Waals surface area contributed by atoms with Gasteiger partial charge in [-0.15, -0.1) is 0 Å². The van der Waals surface area contributed by atoms with E-state index in [2.05, 4.69) is 283 Å². The number of nitrogens with zero attached hydrogens (tertiary/aromatic N) is 4. The van der Waals surface area contributed by atoms with Crippen molar-refractivity contribution in [1.29, 1.82) is 0 Å². The van der Waals surface area contributed by atoms with Crippen LogP contribution in [0.1, 0.15) is 56.0 Å². The summed E-state index contributed by atoms with van der Waals surface area (Å²) in [6.45, 7) is 13.4. The molecule has 0 aliphatic carbocycles. The van der Waals surface area contributed by atoms with Crippen LogP contribution in [0.15, 0.2) is 237 Å². The van der Waals surface area contributed by atoms with Crippen molar-refractivity contribution in [2.24, 2.45) is 0 Å². The van der Waals surface area contributed by atoms with E-state index in [9.17, 15) is 0 Å². The second-order valence-corrected chi connectivity index (χ2v) is 19.6. The zero-order valence-electron chi connectivity index (χ0n) is 42.9. The maximum atomic E-state index is 5.61. The quantitative estimate of drug-likeness (QED) is 0.114. The fraction of sp³-hybridized carbons (Fsp3) is 0.100. The molecule has 4 heteroatoms. The molecule has 11 aromatic rings. The Kier molecular flexibility index (Phi) is 13.2. The van der Waals surface area contributed by atoms with Crippen LogP contribution >= 0.6 is 0 Å². The van der Waals surface area contributed by atoms with E-state index in [4.69, 9.17) is 15.0 Å². The molecule has 4 nitrogen and oxygen atoms in total. The van der Waals surface area contributed by atoms with E-state index >= 15 is 0 Å². The third-order valence-electron chi connectivity index (χ3n) is 14.2. The minimum atomic E-state index is 0.0101. The van der Waals surface area contributed by atoms with Crippen molar-refractivity contribution < 1.29 is 0 Å². The lowest BCUT2D eigenvalue weighted by Crippen LogP contribution is -2.17. The fourth-order valence-electron chi connectivity index (χ4n) is 11.1. The molecule has 0 radical (unpaired) electrons. The van der Waals surface area contributed by atoms with Gasteiger partial charge in [-0.05, 0) is 156 Å². The second-order valence-electron chi connectivity index (χ2n) is 19.6. The van der Waals surface area contributed by atoms with Gasteiger partial charge < -0.3 is 0 Å². The van der Waals surface area contributed by atoms with Crippen molar-refractivity contribution in [3.8, 4) is 67.3 Å². The predicted octanol–water partition coefficient (Wildman–Crippen LogP) is 18.4. The molecule has 0 aliphatic rings. The lowest BCUT2D eigenvalue weighted by molar-refractivity contribution is 0.919. The highest BCUT2D eigenvalue weighted by molar-refractivity contribution is 5.89. The van der Waals surface area contributed by atoms with E-state index < -0.39 is 0 Å². The van der Waals surface area contributed by atoms with Gasteiger partial charge in [-0.25, -0.2) is 4.98 Å². The Morgan fingerprint density at radius 2 is 0.703 bits per heavy atom. The summed E-state index contributed by atoms with van der Waals surface area (Å²) in [6.07, 6.45) is 0. The second kappa shape index (κ2) is 20.6. The number of aromatic nitrogens is 3. The monoisotopic (exact) mass is 954 g/mol. The molecule has 1 aromatic heterocycles. The van der Waals surface area contributed by atoms with Gasteiger partial charge in [-0.1, -0.05) is 211 Å². The summed E-state index contributed by atoms with van der Waals surface area (Å²) in [7, 11) is 0. The topological polar surface area (TPSA) is 41.9 Å². The van der Waals surface area contributed by atoms with Gasteiger partial charge in [-0.2, -0.15) is 9.97 Å². The Bertz CT molecular complexity index is 3610. The van der Waals surface area contributed by atoms with Crippen molar-refractivity contribution >= 4 is 17.3 Å². The summed E-state index contributed by atoms with van der Waals surface area (Å²) in [5, 5.41) is 0. The van der Waals surface area contributed by atoms with Crippen LogP contribution in [0.3, 0.4) is 0 Å². The van der Waals surface area contributed by atoms with Crippen LogP contribution in [0, 0.1) is 41.5 Å². The SMILES string of the molecule is Cc1cc(C)c(C(c2ccc(N(c3nc(-c4cc(-c5ccccc5)cc(-c5ccccc5)c4)nc(-c4ccccc4-c4ccccc4)n3)c3ccccc3-c3ccccc3)cc2)c2c(C)cc(C)cc2C)c(C)c1. The Balaban J connectivity index is 1.18. The Morgan fingerprint density at radius 1 is 0.311 bits per heavy atom. The molecule has 358 valence electrons. The Labute approximate surface area is 436 Å². The third kappa shape index (κ3) is 9.58. The molecule has 74 heavy (non-hydrogen) atoms. The number of hydrogen-bond acceptors (Lipinski definition) is 4. The van der Waals surface area contributed by atoms with Gasteiger partial charge in [-0.3, -0.25) is 4.90 Å². The van der Waals surface area contributed by atoms with Crippen molar-refractivity contribution in [1.82, 2.24) is 15.0 Å². The van der Waals surface area contributed by atoms with Gasteiger partial charge in [0.25, 0.3) is 0 Å². The first kappa shape index (κ1) is 47.3. The summed E-state index contributed by atoms with van der Waals surface area (Å²) in [4.78, 5) is 18.9. The molecule has 0 aliphatic heterocycles. The average molecular weight is 955 g/mol. The van der Waals surface area contributed by atoms with Crippen LogP contribution in [0.25, 0.3) is 67.3 Å². The summed E-state index contributed by atoms with van der Waals surface area (Å²) in [6, 6.07) is 84.4. The highest BCUT2D eigenvalue weighted by Crippen LogP contribution is 2.45. The van der Waals surface area contributed by atoms with Crippen LogP contribution in [-0.4, -0.2) is 15.0 Å². The third-order valence-corrected chi connectivity index (χ3v) is 14.2. The number of hydrogen-bond donors (Lipinski definition) is 0. The van der Waals surface area contributed by atoms with Gasteiger partial charge in [0.1, 0.15) is 0 Å². The summed E-state index contributed by atoms with van der Waals surface area (Å²) >= 11 is 0. The normalized spacial score (nSPS) is 11.2. The van der Waals surface area contributed by atoms with E-state index in [0.29, 0.717) is 17.6 Å². The van der Waals surface area contributed by atoms with Gasteiger partial charge in [0.15, 0.2) is 11.6 Å². The van der Waals surface area contributed by atoms with Crippen LogP contribution in [0.2, 0.25) is 0 Å². The van der Waals surface area contributed by atoms with Gasteiger partial charge >= 0.3 is 0 Å².